The maximum atomic E-state index is 12.2. The number of nitrogens with one attached hydrogen (secondary N) is 1. The number of rotatable bonds is 3. The first-order valence-electron chi connectivity index (χ1n) is 7.64. The van der Waals surface area contributed by atoms with Gasteiger partial charge >= 0.3 is 0 Å². The highest BCUT2D eigenvalue weighted by Crippen LogP contribution is 2.48. The molecule has 102 valence electrons. The Balaban J connectivity index is 1.42. The molecule has 3 saturated carbocycles. The van der Waals surface area contributed by atoms with Gasteiger partial charge in [-0.3, -0.25) is 4.79 Å². The zero-order chi connectivity index (χ0) is 12.5. The van der Waals surface area contributed by atoms with Gasteiger partial charge in [-0.2, -0.15) is 0 Å². The van der Waals surface area contributed by atoms with Gasteiger partial charge in [-0.05, 0) is 62.7 Å². The third kappa shape index (κ3) is 2.68. The van der Waals surface area contributed by atoms with Crippen molar-refractivity contribution in [3.63, 3.8) is 0 Å². The minimum absolute atomic E-state index is 0.341. The van der Waals surface area contributed by atoms with Gasteiger partial charge in [-0.25, -0.2) is 0 Å². The average molecular weight is 270 g/mol. The lowest BCUT2D eigenvalue weighted by Crippen LogP contribution is -2.37. The zero-order valence-electron chi connectivity index (χ0n) is 11.0. The summed E-state index contributed by atoms with van der Waals surface area (Å²) >= 11 is 6.10. The molecule has 0 radical (unpaired) electrons. The highest BCUT2D eigenvalue weighted by molar-refractivity contribution is 6.20. The standard InChI is InChI=1S/C15H24ClNO/c16-13-5-2-10(3-6-13)9-17-15(18)14-8-11-1-4-12(14)7-11/h10-14H,1-9H2,(H,17,18). The minimum atomic E-state index is 0.341. The number of hydrogen-bond donors (Lipinski definition) is 1. The van der Waals surface area contributed by atoms with E-state index in [0.29, 0.717) is 29.0 Å². The van der Waals surface area contributed by atoms with Crippen molar-refractivity contribution in [2.24, 2.45) is 23.7 Å². The third-order valence-corrected chi connectivity index (χ3v) is 5.85. The Labute approximate surface area is 115 Å². The lowest BCUT2D eigenvalue weighted by Gasteiger charge is -2.27. The van der Waals surface area contributed by atoms with E-state index in [1.807, 2.05) is 0 Å². The Hall–Kier alpha value is -0.240. The van der Waals surface area contributed by atoms with Crippen LogP contribution in [-0.4, -0.2) is 17.8 Å². The van der Waals surface area contributed by atoms with Crippen LogP contribution >= 0.6 is 11.6 Å². The summed E-state index contributed by atoms with van der Waals surface area (Å²) in [5, 5.41) is 3.59. The smallest absolute Gasteiger partial charge is 0.223 e. The summed E-state index contributed by atoms with van der Waals surface area (Å²) in [5.41, 5.74) is 0. The molecule has 3 unspecified atom stereocenters. The molecule has 1 amide bonds. The van der Waals surface area contributed by atoms with Crippen LogP contribution in [0.3, 0.4) is 0 Å². The van der Waals surface area contributed by atoms with E-state index < -0.39 is 0 Å². The van der Waals surface area contributed by atoms with E-state index in [-0.39, 0.29) is 0 Å². The highest BCUT2D eigenvalue weighted by atomic mass is 35.5. The van der Waals surface area contributed by atoms with Crippen LogP contribution in [0.15, 0.2) is 0 Å². The second-order valence-corrected chi connectivity index (χ2v) is 7.26. The van der Waals surface area contributed by atoms with Crippen LogP contribution in [0.4, 0.5) is 0 Å². The molecule has 3 heteroatoms. The lowest BCUT2D eigenvalue weighted by molar-refractivity contribution is -0.126. The second kappa shape index (κ2) is 5.40. The molecule has 3 aliphatic carbocycles. The summed E-state index contributed by atoms with van der Waals surface area (Å²) in [6.45, 7) is 0.885. The van der Waals surface area contributed by atoms with Crippen LogP contribution in [0.1, 0.15) is 51.4 Å². The van der Waals surface area contributed by atoms with Gasteiger partial charge in [0.05, 0.1) is 0 Å². The lowest BCUT2D eigenvalue weighted by atomic mass is 9.87. The SMILES string of the molecule is O=C(NCC1CCC(Cl)CC1)C1CC2CCC1C2. The van der Waals surface area contributed by atoms with Crippen molar-refractivity contribution in [3.8, 4) is 0 Å². The summed E-state index contributed by atoms with van der Waals surface area (Å²) in [6.07, 6.45) is 9.75. The summed E-state index contributed by atoms with van der Waals surface area (Å²) in [5.74, 6) is 2.91. The number of hydrogen-bond acceptors (Lipinski definition) is 1. The molecule has 0 saturated heterocycles. The fraction of sp³-hybridized carbons (Fsp3) is 0.933. The average Bonchev–Trinajstić information content (AvgIpc) is 3.00. The predicted molar refractivity (Wildman–Crippen MR) is 73.5 cm³/mol. The van der Waals surface area contributed by atoms with Gasteiger partial charge in [0.2, 0.25) is 5.91 Å². The fourth-order valence-corrected chi connectivity index (χ4v) is 4.52. The number of fused-ring (bicyclic) bond motifs is 2. The van der Waals surface area contributed by atoms with Gasteiger partial charge in [0.1, 0.15) is 0 Å². The summed E-state index contributed by atoms with van der Waals surface area (Å²) in [6, 6.07) is 0. The van der Waals surface area contributed by atoms with Crippen molar-refractivity contribution in [3.05, 3.63) is 0 Å². The third-order valence-electron chi connectivity index (χ3n) is 5.42. The highest BCUT2D eigenvalue weighted by Gasteiger charge is 2.42. The van der Waals surface area contributed by atoms with Gasteiger partial charge in [0.25, 0.3) is 0 Å². The van der Waals surface area contributed by atoms with Gasteiger partial charge in [0, 0.05) is 17.8 Å². The molecule has 2 bridgehead atoms. The van der Waals surface area contributed by atoms with E-state index >= 15 is 0 Å². The van der Waals surface area contributed by atoms with E-state index in [4.69, 9.17) is 11.6 Å². The van der Waals surface area contributed by atoms with Crippen LogP contribution in [-0.2, 0) is 4.79 Å². The first kappa shape index (κ1) is 12.8. The molecular formula is C15H24ClNO. The van der Waals surface area contributed by atoms with Crippen molar-refractivity contribution in [2.45, 2.75) is 56.7 Å². The molecule has 3 atom stereocenters. The number of alkyl halides is 1. The van der Waals surface area contributed by atoms with Gasteiger partial charge in [-0.1, -0.05) is 6.42 Å². The molecule has 0 aromatic heterocycles. The van der Waals surface area contributed by atoms with Crippen LogP contribution in [0.5, 0.6) is 0 Å². The van der Waals surface area contributed by atoms with Crippen molar-refractivity contribution >= 4 is 17.5 Å². The van der Waals surface area contributed by atoms with Crippen LogP contribution in [0.25, 0.3) is 0 Å². The second-order valence-electron chi connectivity index (χ2n) is 6.64. The Morgan fingerprint density at radius 1 is 1.06 bits per heavy atom. The van der Waals surface area contributed by atoms with Crippen molar-refractivity contribution in [1.82, 2.24) is 5.32 Å². The molecule has 2 nitrogen and oxygen atoms in total. The maximum Gasteiger partial charge on any atom is 0.223 e. The maximum absolute atomic E-state index is 12.2. The molecule has 0 spiro atoms. The van der Waals surface area contributed by atoms with Crippen LogP contribution in [0.2, 0.25) is 0 Å². The van der Waals surface area contributed by atoms with Crippen molar-refractivity contribution in [1.29, 1.82) is 0 Å². The normalized spacial score (nSPS) is 43.1. The fourth-order valence-electron chi connectivity index (χ4n) is 4.27. The molecular weight excluding hydrogens is 246 g/mol. The Morgan fingerprint density at radius 3 is 2.44 bits per heavy atom. The van der Waals surface area contributed by atoms with Gasteiger partial charge in [0.15, 0.2) is 0 Å². The van der Waals surface area contributed by atoms with E-state index in [1.165, 1.54) is 32.1 Å². The zero-order valence-corrected chi connectivity index (χ0v) is 11.8. The molecule has 1 N–H and O–H groups in total. The van der Waals surface area contributed by atoms with E-state index in [9.17, 15) is 4.79 Å². The summed E-state index contributed by atoms with van der Waals surface area (Å²) in [4.78, 5) is 12.2. The first-order chi connectivity index (χ1) is 8.72. The predicted octanol–water partition coefficient (Wildman–Crippen LogP) is 3.34. The number of amides is 1. The van der Waals surface area contributed by atoms with Crippen LogP contribution in [0, 0.1) is 23.7 Å². The van der Waals surface area contributed by atoms with E-state index in [0.717, 1.165) is 31.7 Å². The Kier molecular flexibility index (Phi) is 3.83. The van der Waals surface area contributed by atoms with Crippen molar-refractivity contribution in [2.75, 3.05) is 6.54 Å². The minimum Gasteiger partial charge on any atom is -0.356 e. The number of halogens is 1. The first-order valence-corrected chi connectivity index (χ1v) is 8.08. The van der Waals surface area contributed by atoms with E-state index in [1.54, 1.807) is 0 Å². The molecule has 0 aromatic rings. The van der Waals surface area contributed by atoms with Gasteiger partial charge in [-0.15, -0.1) is 11.6 Å². The molecule has 3 fully saturated rings. The molecule has 18 heavy (non-hydrogen) atoms. The molecule has 3 rings (SSSR count). The summed E-state index contributed by atoms with van der Waals surface area (Å²) in [7, 11) is 0. The Morgan fingerprint density at radius 2 is 1.83 bits per heavy atom. The van der Waals surface area contributed by atoms with Crippen LogP contribution < -0.4 is 5.32 Å². The molecule has 0 aliphatic heterocycles. The van der Waals surface area contributed by atoms with Crippen molar-refractivity contribution < 1.29 is 4.79 Å². The van der Waals surface area contributed by atoms with E-state index in [2.05, 4.69) is 5.32 Å². The quantitative estimate of drug-likeness (QED) is 0.783. The summed E-state index contributed by atoms with van der Waals surface area (Å²) < 4.78 is 0. The molecule has 3 aliphatic rings. The largest absolute Gasteiger partial charge is 0.356 e. The molecule has 0 heterocycles. The Bertz CT molecular complexity index is 312. The number of carbonyl (C=O) groups excluding carboxylic acids is 1. The number of carbonyl (C=O) groups is 1. The van der Waals surface area contributed by atoms with Gasteiger partial charge < -0.3 is 5.32 Å². The molecule has 0 aromatic carbocycles. The topological polar surface area (TPSA) is 29.1 Å². The monoisotopic (exact) mass is 269 g/mol.